The third-order valence-electron chi connectivity index (χ3n) is 7.11. The lowest BCUT2D eigenvalue weighted by molar-refractivity contribution is -0.137. The third-order valence-corrected chi connectivity index (χ3v) is 7.11. The molecule has 0 aliphatic heterocycles. The molecule has 2 rings (SSSR count). The zero-order valence-corrected chi connectivity index (χ0v) is 25.8. The van der Waals surface area contributed by atoms with Crippen LogP contribution >= 0.6 is 24.8 Å². The van der Waals surface area contributed by atoms with Crippen LogP contribution in [-0.4, -0.2) is 40.4 Å². The van der Waals surface area contributed by atoms with Gasteiger partial charge in [-0.05, 0) is 86.5 Å². The van der Waals surface area contributed by atoms with Crippen LogP contribution in [0.2, 0.25) is 0 Å². The number of hydrogen-bond donors (Lipinski definition) is 2. The summed E-state index contributed by atoms with van der Waals surface area (Å²) >= 11 is 0. The Hall–Kier alpha value is -1.67. The molecule has 0 fully saturated rings. The lowest BCUT2D eigenvalue weighted by Gasteiger charge is -2.39. The number of nitrogens with one attached hydrogen (secondary N) is 2. The first kappa shape index (κ1) is 37.3. The Labute approximate surface area is 245 Å². The standard InChI is InChI=1S/C30H45F3N2O2.2ClH/c1-22(2)20-35-21-29(23(3)4,25-11-7-12-26(19-25)30(31,32)33)15-9-17-34-16-8-10-24-13-14-27(36-5)28(18-24)37-6;;/h7,11-14,18-19,22-23,34-35H,8-10,15-17,20-21H2,1-6H3;2*1H. The number of alkyl halides is 3. The average molecular weight is 596 g/mol. The van der Waals surface area contributed by atoms with Crippen LogP contribution in [0.1, 0.15) is 63.6 Å². The Kier molecular flexibility index (Phi) is 17.1. The molecular weight excluding hydrogens is 548 g/mol. The van der Waals surface area contributed by atoms with Crippen molar-refractivity contribution in [1.29, 1.82) is 0 Å². The fourth-order valence-electron chi connectivity index (χ4n) is 4.86. The van der Waals surface area contributed by atoms with Crippen LogP contribution in [0.4, 0.5) is 13.2 Å². The van der Waals surface area contributed by atoms with Crippen molar-refractivity contribution in [2.24, 2.45) is 11.8 Å². The molecule has 224 valence electrons. The molecule has 0 spiro atoms. The van der Waals surface area contributed by atoms with E-state index in [0.29, 0.717) is 12.5 Å². The molecule has 0 saturated heterocycles. The number of halogens is 5. The molecular formula is C30H47Cl2F3N2O2. The van der Waals surface area contributed by atoms with Gasteiger partial charge in [0.15, 0.2) is 11.5 Å². The molecule has 0 bridgehead atoms. The maximum absolute atomic E-state index is 13.5. The highest BCUT2D eigenvalue weighted by Gasteiger charge is 2.37. The molecule has 1 atom stereocenters. The summed E-state index contributed by atoms with van der Waals surface area (Å²) in [5.74, 6) is 2.11. The topological polar surface area (TPSA) is 42.5 Å². The van der Waals surface area contributed by atoms with Gasteiger partial charge in [-0.15, -0.1) is 24.8 Å². The quantitative estimate of drug-likeness (QED) is 0.195. The number of aryl methyl sites for hydroxylation is 1. The number of rotatable bonds is 16. The van der Waals surface area contributed by atoms with E-state index in [4.69, 9.17) is 9.47 Å². The highest BCUT2D eigenvalue weighted by molar-refractivity contribution is 5.85. The zero-order chi connectivity index (χ0) is 27.5. The van der Waals surface area contributed by atoms with E-state index >= 15 is 0 Å². The summed E-state index contributed by atoms with van der Waals surface area (Å²) in [6.45, 7) is 11.7. The van der Waals surface area contributed by atoms with Gasteiger partial charge in [-0.3, -0.25) is 0 Å². The summed E-state index contributed by atoms with van der Waals surface area (Å²) in [5.41, 5.74) is 1.01. The van der Waals surface area contributed by atoms with E-state index in [0.717, 1.165) is 68.4 Å². The highest BCUT2D eigenvalue weighted by atomic mass is 35.5. The van der Waals surface area contributed by atoms with Crippen molar-refractivity contribution in [2.75, 3.05) is 40.4 Å². The van der Waals surface area contributed by atoms with Crippen LogP contribution in [0.5, 0.6) is 11.5 Å². The fraction of sp³-hybridized carbons (Fsp3) is 0.600. The Balaban J connectivity index is 0.00000722. The van der Waals surface area contributed by atoms with Crippen LogP contribution < -0.4 is 20.1 Å². The molecule has 9 heteroatoms. The van der Waals surface area contributed by atoms with Gasteiger partial charge in [0.25, 0.3) is 0 Å². The number of ether oxygens (including phenoxy) is 2. The molecule has 0 radical (unpaired) electrons. The minimum absolute atomic E-state index is 0. The van der Waals surface area contributed by atoms with Crippen LogP contribution in [0, 0.1) is 11.8 Å². The molecule has 2 aromatic carbocycles. The van der Waals surface area contributed by atoms with E-state index in [1.807, 2.05) is 18.2 Å². The Bertz CT molecular complexity index is 958. The van der Waals surface area contributed by atoms with Gasteiger partial charge < -0.3 is 20.1 Å². The van der Waals surface area contributed by atoms with Crippen molar-refractivity contribution in [2.45, 2.75) is 65.0 Å². The van der Waals surface area contributed by atoms with Gasteiger partial charge in [0.2, 0.25) is 0 Å². The van der Waals surface area contributed by atoms with Crippen LogP contribution in [0.15, 0.2) is 42.5 Å². The number of benzene rings is 2. The molecule has 0 amide bonds. The summed E-state index contributed by atoms with van der Waals surface area (Å²) in [5, 5.41) is 7.06. The van der Waals surface area contributed by atoms with Crippen LogP contribution in [-0.2, 0) is 18.0 Å². The first-order chi connectivity index (χ1) is 17.5. The molecule has 0 saturated carbocycles. The largest absolute Gasteiger partial charge is 0.493 e. The normalized spacial score (nSPS) is 13.0. The number of hydrogen-bond acceptors (Lipinski definition) is 4. The van der Waals surface area contributed by atoms with E-state index in [-0.39, 0.29) is 36.1 Å². The first-order valence-electron chi connectivity index (χ1n) is 13.3. The summed E-state index contributed by atoms with van der Waals surface area (Å²) in [4.78, 5) is 0. The minimum Gasteiger partial charge on any atom is -0.493 e. The van der Waals surface area contributed by atoms with Crippen molar-refractivity contribution in [1.82, 2.24) is 10.6 Å². The maximum Gasteiger partial charge on any atom is 0.416 e. The second-order valence-corrected chi connectivity index (χ2v) is 10.6. The minimum atomic E-state index is -4.35. The van der Waals surface area contributed by atoms with E-state index in [2.05, 4.69) is 44.4 Å². The van der Waals surface area contributed by atoms with Gasteiger partial charge in [-0.2, -0.15) is 13.2 Å². The smallest absolute Gasteiger partial charge is 0.416 e. The van der Waals surface area contributed by atoms with Crippen molar-refractivity contribution >= 4 is 24.8 Å². The summed E-state index contributed by atoms with van der Waals surface area (Å²) in [6, 6.07) is 11.9. The van der Waals surface area contributed by atoms with Crippen molar-refractivity contribution in [3.05, 3.63) is 59.2 Å². The molecule has 4 nitrogen and oxygen atoms in total. The molecule has 39 heavy (non-hydrogen) atoms. The first-order valence-corrected chi connectivity index (χ1v) is 13.3. The second kappa shape index (κ2) is 17.9. The van der Waals surface area contributed by atoms with E-state index in [1.165, 1.54) is 11.6 Å². The Morgan fingerprint density at radius 1 is 0.795 bits per heavy atom. The molecule has 1 unspecified atom stereocenters. The summed E-state index contributed by atoms with van der Waals surface area (Å²) in [7, 11) is 3.26. The molecule has 0 aromatic heterocycles. The van der Waals surface area contributed by atoms with E-state index in [9.17, 15) is 13.2 Å². The van der Waals surface area contributed by atoms with Crippen molar-refractivity contribution < 1.29 is 22.6 Å². The van der Waals surface area contributed by atoms with Gasteiger partial charge in [-0.1, -0.05) is 52.0 Å². The molecule has 2 aromatic rings. The van der Waals surface area contributed by atoms with Gasteiger partial charge in [0, 0.05) is 12.0 Å². The van der Waals surface area contributed by atoms with Gasteiger partial charge in [-0.25, -0.2) is 0 Å². The predicted molar refractivity (Wildman–Crippen MR) is 160 cm³/mol. The lowest BCUT2D eigenvalue weighted by atomic mass is 9.68. The molecule has 2 N–H and O–H groups in total. The van der Waals surface area contributed by atoms with Crippen LogP contribution in [0.3, 0.4) is 0 Å². The van der Waals surface area contributed by atoms with Gasteiger partial charge in [0.1, 0.15) is 0 Å². The van der Waals surface area contributed by atoms with E-state index < -0.39 is 11.7 Å². The fourth-order valence-corrected chi connectivity index (χ4v) is 4.86. The average Bonchev–Trinajstić information content (AvgIpc) is 2.86. The molecule has 0 aliphatic carbocycles. The number of methoxy groups -OCH3 is 2. The molecule has 0 aliphatic rings. The van der Waals surface area contributed by atoms with Gasteiger partial charge in [0.05, 0.1) is 19.8 Å². The highest BCUT2D eigenvalue weighted by Crippen LogP contribution is 2.39. The maximum atomic E-state index is 13.5. The lowest BCUT2D eigenvalue weighted by Crippen LogP contribution is -2.44. The third kappa shape index (κ3) is 11.4. The predicted octanol–water partition coefficient (Wildman–Crippen LogP) is 7.71. The van der Waals surface area contributed by atoms with Crippen molar-refractivity contribution in [3.8, 4) is 11.5 Å². The molecule has 0 heterocycles. The second-order valence-electron chi connectivity index (χ2n) is 10.6. The van der Waals surface area contributed by atoms with Crippen molar-refractivity contribution in [3.63, 3.8) is 0 Å². The summed E-state index contributed by atoms with van der Waals surface area (Å²) < 4.78 is 51.2. The van der Waals surface area contributed by atoms with Gasteiger partial charge >= 0.3 is 6.18 Å². The zero-order valence-electron chi connectivity index (χ0n) is 24.1. The summed E-state index contributed by atoms with van der Waals surface area (Å²) in [6.07, 6.45) is -0.755. The van der Waals surface area contributed by atoms with E-state index in [1.54, 1.807) is 20.3 Å². The Morgan fingerprint density at radius 3 is 2.03 bits per heavy atom. The monoisotopic (exact) mass is 594 g/mol. The Morgan fingerprint density at radius 2 is 1.44 bits per heavy atom. The van der Waals surface area contributed by atoms with Crippen LogP contribution in [0.25, 0.3) is 0 Å². The SMILES string of the molecule is COc1ccc(CCCNCCCC(CNCC(C)C)(c2cccc(C(F)(F)F)c2)C(C)C)cc1OC.Cl.Cl.